The fourth-order valence-corrected chi connectivity index (χ4v) is 2.05. The highest BCUT2D eigenvalue weighted by molar-refractivity contribution is 6.08. The Kier molecular flexibility index (Phi) is 4.50. The van der Waals surface area contributed by atoms with Gasteiger partial charge in [-0.15, -0.1) is 0 Å². The van der Waals surface area contributed by atoms with E-state index in [9.17, 15) is 4.79 Å². The van der Waals surface area contributed by atoms with E-state index in [2.05, 4.69) is 14.8 Å². The van der Waals surface area contributed by atoms with Gasteiger partial charge >= 0.3 is 5.97 Å². The molecule has 0 aromatic heterocycles. The van der Waals surface area contributed by atoms with Gasteiger partial charge in [0.15, 0.2) is 0 Å². The third-order valence-electron chi connectivity index (χ3n) is 3.01. The summed E-state index contributed by atoms with van der Waals surface area (Å²) in [5, 5.41) is 0. The molecule has 2 nitrogen and oxygen atoms in total. The van der Waals surface area contributed by atoms with E-state index in [1.54, 1.807) is 0 Å². The molecule has 0 radical (unpaired) electrons. The summed E-state index contributed by atoms with van der Waals surface area (Å²) >= 11 is 0. The topological polar surface area (TPSA) is 26.3 Å². The van der Waals surface area contributed by atoms with E-state index in [0.29, 0.717) is 6.42 Å². The van der Waals surface area contributed by atoms with Gasteiger partial charge in [0.25, 0.3) is 0 Å². The lowest BCUT2D eigenvalue weighted by atomic mass is 9.86. The normalized spacial score (nSPS) is 20.4. The van der Waals surface area contributed by atoms with Crippen molar-refractivity contribution < 1.29 is 9.53 Å². The molecular formula is C11H21BO2. The molecule has 0 unspecified atom stereocenters. The Hall–Kier alpha value is -0.465. The molecule has 0 amide bonds. The summed E-state index contributed by atoms with van der Waals surface area (Å²) in [7, 11) is 2.09. The van der Waals surface area contributed by atoms with Gasteiger partial charge in [0.1, 0.15) is 13.4 Å². The molecule has 1 saturated carbocycles. The second-order valence-corrected chi connectivity index (χ2v) is 4.59. The van der Waals surface area contributed by atoms with E-state index in [-0.39, 0.29) is 11.6 Å². The van der Waals surface area contributed by atoms with Gasteiger partial charge in [-0.2, -0.15) is 0 Å². The first-order chi connectivity index (χ1) is 6.66. The van der Waals surface area contributed by atoms with Crippen LogP contribution in [0.5, 0.6) is 0 Å². The summed E-state index contributed by atoms with van der Waals surface area (Å²) in [6.07, 6.45) is 8.40. The Morgan fingerprint density at radius 3 is 2.57 bits per heavy atom. The number of ether oxygens (including phenoxy) is 1. The molecule has 3 heteroatoms. The Morgan fingerprint density at radius 1 is 1.36 bits per heavy atom. The molecule has 0 bridgehead atoms. The van der Waals surface area contributed by atoms with E-state index >= 15 is 0 Å². The molecule has 80 valence electrons. The highest BCUT2D eigenvalue weighted by Gasteiger charge is 2.30. The number of hydrogen-bond donors (Lipinski definition) is 0. The molecule has 1 rings (SSSR count). The van der Waals surface area contributed by atoms with E-state index in [0.717, 1.165) is 25.6 Å². The predicted molar refractivity (Wildman–Crippen MR) is 60.2 cm³/mol. The van der Waals surface area contributed by atoms with Crippen molar-refractivity contribution in [3.8, 4) is 0 Å². The van der Waals surface area contributed by atoms with Crippen LogP contribution in [-0.2, 0) is 9.53 Å². The molecule has 0 N–H and O–H groups in total. The Bertz CT molecular complexity index is 186. The first-order valence-corrected chi connectivity index (χ1v) is 5.88. The second kappa shape index (κ2) is 5.42. The molecular weight excluding hydrogens is 175 g/mol. The van der Waals surface area contributed by atoms with Gasteiger partial charge in [-0.05, 0) is 39.0 Å². The highest BCUT2D eigenvalue weighted by atomic mass is 16.6. The third-order valence-corrected chi connectivity index (χ3v) is 3.01. The van der Waals surface area contributed by atoms with Crippen molar-refractivity contribution in [1.29, 1.82) is 0 Å². The summed E-state index contributed by atoms with van der Waals surface area (Å²) in [6.45, 7) is 2.08. The lowest BCUT2D eigenvalue weighted by Gasteiger charge is -2.33. The zero-order valence-corrected chi connectivity index (χ0v) is 9.47. The maximum atomic E-state index is 11.5. The SMILES string of the molecule is BCCCC(=O)OC1(C)CCCCC1. The van der Waals surface area contributed by atoms with Crippen molar-refractivity contribution in [3.63, 3.8) is 0 Å². The van der Waals surface area contributed by atoms with E-state index in [4.69, 9.17) is 4.74 Å². The molecule has 0 aromatic carbocycles. The van der Waals surface area contributed by atoms with Gasteiger partial charge < -0.3 is 4.74 Å². The van der Waals surface area contributed by atoms with E-state index < -0.39 is 0 Å². The van der Waals surface area contributed by atoms with Crippen molar-refractivity contribution in [3.05, 3.63) is 0 Å². The van der Waals surface area contributed by atoms with Gasteiger partial charge in [-0.3, -0.25) is 4.79 Å². The van der Waals surface area contributed by atoms with Crippen LogP contribution in [0.25, 0.3) is 0 Å². The number of carbonyl (C=O) groups is 1. The largest absolute Gasteiger partial charge is 0.459 e. The van der Waals surface area contributed by atoms with Crippen LogP contribution >= 0.6 is 0 Å². The lowest BCUT2D eigenvalue weighted by Crippen LogP contribution is -2.33. The van der Waals surface area contributed by atoms with Crippen LogP contribution in [0.1, 0.15) is 51.9 Å². The molecule has 1 fully saturated rings. The molecule has 0 aromatic rings. The third kappa shape index (κ3) is 3.73. The van der Waals surface area contributed by atoms with Crippen LogP contribution in [0.4, 0.5) is 0 Å². The summed E-state index contributed by atoms with van der Waals surface area (Å²) in [4.78, 5) is 11.5. The minimum Gasteiger partial charge on any atom is -0.459 e. The van der Waals surface area contributed by atoms with Crippen LogP contribution in [-0.4, -0.2) is 19.4 Å². The van der Waals surface area contributed by atoms with Crippen LogP contribution in [0, 0.1) is 0 Å². The van der Waals surface area contributed by atoms with E-state index in [1.165, 1.54) is 19.3 Å². The van der Waals surface area contributed by atoms with E-state index in [1.807, 2.05) is 0 Å². The predicted octanol–water partition coefficient (Wildman–Crippen LogP) is 2.08. The molecule has 1 aliphatic carbocycles. The standard InChI is InChI=1S/C11H21BO2/c1-11(7-3-2-4-8-11)14-10(13)6-5-9-12/h2-9,12H2,1H3. The second-order valence-electron chi connectivity index (χ2n) is 4.59. The van der Waals surface area contributed by atoms with Crippen molar-refractivity contribution in [2.75, 3.05) is 0 Å². The molecule has 14 heavy (non-hydrogen) atoms. The van der Waals surface area contributed by atoms with Crippen LogP contribution in [0.15, 0.2) is 0 Å². The molecule has 0 atom stereocenters. The fraction of sp³-hybridized carbons (Fsp3) is 0.909. The summed E-state index contributed by atoms with van der Waals surface area (Å²) in [5.41, 5.74) is -0.150. The zero-order valence-electron chi connectivity index (χ0n) is 9.47. The average Bonchev–Trinajstić information content (AvgIpc) is 2.15. The maximum Gasteiger partial charge on any atom is 0.306 e. The smallest absolute Gasteiger partial charge is 0.306 e. The van der Waals surface area contributed by atoms with Gasteiger partial charge in [-0.25, -0.2) is 0 Å². The molecule has 0 saturated heterocycles. The van der Waals surface area contributed by atoms with Gasteiger partial charge in [0, 0.05) is 6.42 Å². The van der Waals surface area contributed by atoms with Crippen molar-refractivity contribution in [1.82, 2.24) is 0 Å². The minimum absolute atomic E-state index is 0.00347. The first-order valence-electron chi connectivity index (χ1n) is 5.88. The van der Waals surface area contributed by atoms with Crippen LogP contribution in [0.3, 0.4) is 0 Å². The monoisotopic (exact) mass is 196 g/mol. The highest BCUT2D eigenvalue weighted by Crippen LogP contribution is 2.31. The molecule has 0 spiro atoms. The van der Waals surface area contributed by atoms with Crippen LogP contribution in [0.2, 0.25) is 6.32 Å². The quantitative estimate of drug-likeness (QED) is 0.508. The summed E-state index contributed by atoms with van der Waals surface area (Å²) in [6, 6.07) is 0. The number of rotatable bonds is 4. The first kappa shape index (κ1) is 11.6. The van der Waals surface area contributed by atoms with Crippen LogP contribution < -0.4 is 0 Å². The Morgan fingerprint density at radius 2 is 2.00 bits per heavy atom. The molecule has 0 heterocycles. The zero-order chi connectivity index (χ0) is 10.4. The Balaban J connectivity index is 2.29. The average molecular weight is 196 g/mol. The number of esters is 1. The van der Waals surface area contributed by atoms with Gasteiger partial charge in [0.2, 0.25) is 0 Å². The number of hydrogen-bond acceptors (Lipinski definition) is 2. The lowest BCUT2D eigenvalue weighted by molar-refractivity contribution is -0.161. The minimum atomic E-state index is -0.150. The van der Waals surface area contributed by atoms with Crippen molar-refractivity contribution in [2.45, 2.75) is 63.8 Å². The fourth-order valence-electron chi connectivity index (χ4n) is 2.05. The van der Waals surface area contributed by atoms with Gasteiger partial charge in [-0.1, -0.05) is 12.7 Å². The summed E-state index contributed by atoms with van der Waals surface area (Å²) in [5.74, 6) is -0.00347. The molecule has 0 aliphatic heterocycles. The maximum absolute atomic E-state index is 11.5. The van der Waals surface area contributed by atoms with Crippen molar-refractivity contribution >= 4 is 13.8 Å². The Labute approximate surface area is 87.8 Å². The van der Waals surface area contributed by atoms with Crippen molar-refractivity contribution in [2.24, 2.45) is 0 Å². The van der Waals surface area contributed by atoms with Gasteiger partial charge in [0.05, 0.1) is 0 Å². The molecule has 1 aliphatic rings. The summed E-state index contributed by atoms with van der Waals surface area (Å²) < 4.78 is 5.54. The number of carbonyl (C=O) groups excluding carboxylic acids is 1.